The number of carbonyl (C=O) groups excluding carboxylic acids is 1. The molecule has 1 unspecified atom stereocenters. The normalized spacial score (nSPS) is 15.5. The Morgan fingerprint density at radius 2 is 2.22 bits per heavy atom. The molecule has 2 aromatic rings. The number of nitrogens with one attached hydrogen (secondary N) is 1. The summed E-state index contributed by atoms with van der Waals surface area (Å²) in [7, 11) is 1.60. The minimum atomic E-state index is -1.11. The topological polar surface area (TPSA) is 108 Å². The van der Waals surface area contributed by atoms with Gasteiger partial charge in [-0.1, -0.05) is 11.8 Å². The number of carbonyl (C=O) groups is 1. The van der Waals surface area contributed by atoms with Crippen LogP contribution in [0.2, 0.25) is 0 Å². The minimum Gasteiger partial charge on any atom is -0.461 e. The van der Waals surface area contributed by atoms with Gasteiger partial charge in [0.05, 0.1) is 23.6 Å². The van der Waals surface area contributed by atoms with Crippen molar-refractivity contribution in [2.75, 3.05) is 6.61 Å². The van der Waals surface area contributed by atoms with Crippen LogP contribution in [-0.4, -0.2) is 32.8 Å². The van der Waals surface area contributed by atoms with Gasteiger partial charge in [0.1, 0.15) is 17.7 Å². The van der Waals surface area contributed by atoms with Crippen molar-refractivity contribution in [3.8, 4) is 17.9 Å². The smallest absolute Gasteiger partial charge is 0.340 e. The lowest BCUT2D eigenvalue weighted by Gasteiger charge is -2.14. The van der Waals surface area contributed by atoms with Gasteiger partial charge < -0.3 is 19.4 Å². The van der Waals surface area contributed by atoms with Crippen LogP contribution >= 0.6 is 0 Å². The molecule has 2 heterocycles. The third-order valence-electron chi connectivity index (χ3n) is 4.79. The lowest BCUT2D eigenvalue weighted by molar-refractivity contribution is 0.0515. The molecular weight excluding hydrogens is 346 g/mol. The maximum atomic E-state index is 12.5. The third kappa shape index (κ3) is 3.60. The van der Waals surface area contributed by atoms with Crippen LogP contribution in [-0.2, 0) is 11.8 Å². The zero-order valence-corrected chi connectivity index (χ0v) is 15.5. The maximum Gasteiger partial charge on any atom is 0.340 e. The number of pyridine rings is 1. The van der Waals surface area contributed by atoms with Crippen molar-refractivity contribution in [3.05, 3.63) is 33.4 Å². The number of nitriles is 1. The fourth-order valence-electron chi connectivity index (χ4n) is 3.10. The van der Waals surface area contributed by atoms with E-state index in [9.17, 15) is 14.7 Å². The molecule has 27 heavy (non-hydrogen) atoms. The molecular formula is C20H21N3O4. The SMILES string of the molecule is Cc1[nH]c2c(=O)n(C)cc(C#CC(C)(O)C3CC3)c2c1C(=O)OCCC#N. The molecule has 2 N–H and O–H groups in total. The number of ether oxygens (including phenoxy) is 1. The van der Waals surface area contributed by atoms with E-state index in [4.69, 9.17) is 10.00 Å². The van der Waals surface area contributed by atoms with Crippen LogP contribution in [0, 0.1) is 36.0 Å². The predicted molar refractivity (Wildman–Crippen MR) is 99.0 cm³/mol. The van der Waals surface area contributed by atoms with Crippen molar-refractivity contribution in [1.29, 1.82) is 5.26 Å². The fourth-order valence-corrected chi connectivity index (χ4v) is 3.10. The van der Waals surface area contributed by atoms with Crippen molar-refractivity contribution < 1.29 is 14.6 Å². The summed E-state index contributed by atoms with van der Waals surface area (Å²) >= 11 is 0. The summed E-state index contributed by atoms with van der Waals surface area (Å²) in [5.41, 5.74) is 0.0523. The van der Waals surface area contributed by atoms with Crippen LogP contribution in [0.1, 0.15) is 47.8 Å². The summed E-state index contributed by atoms with van der Waals surface area (Å²) in [6.45, 7) is 3.33. The molecule has 0 spiro atoms. The molecule has 7 nitrogen and oxygen atoms in total. The van der Waals surface area contributed by atoms with E-state index in [0.717, 1.165) is 12.8 Å². The van der Waals surface area contributed by atoms with Crippen LogP contribution < -0.4 is 5.56 Å². The Labute approximate surface area is 156 Å². The number of nitrogens with zero attached hydrogens (tertiary/aromatic N) is 2. The van der Waals surface area contributed by atoms with Crippen LogP contribution in [0.15, 0.2) is 11.0 Å². The number of hydrogen-bond acceptors (Lipinski definition) is 5. The van der Waals surface area contributed by atoms with Crippen LogP contribution in [0.25, 0.3) is 10.9 Å². The molecule has 0 saturated heterocycles. The number of fused-ring (bicyclic) bond motifs is 1. The van der Waals surface area contributed by atoms with Gasteiger partial charge in [-0.05, 0) is 32.6 Å². The fraction of sp³-hybridized carbons (Fsp3) is 0.450. The van der Waals surface area contributed by atoms with E-state index in [1.807, 2.05) is 6.07 Å². The van der Waals surface area contributed by atoms with Gasteiger partial charge in [0.25, 0.3) is 5.56 Å². The Kier molecular flexibility index (Phi) is 4.82. The van der Waals surface area contributed by atoms with Gasteiger partial charge in [-0.15, -0.1) is 0 Å². The maximum absolute atomic E-state index is 12.5. The van der Waals surface area contributed by atoms with Crippen molar-refractivity contribution in [2.45, 2.75) is 38.7 Å². The van der Waals surface area contributed by atoms with E-state index < -0.39 is 11.6 Å². The van der Waals surface area contributed by atoms with Gasteiger partial charge in [-0.2, -0.15) is 5.26 Å². The number of rotatable bonds is 4. The number of hydrogen-bond donors (Lipinski definition) is 2. The Hall–Kier alpha value is -3.03. The Bertz CT molecular complexity index is 1070. The monoisotopic (exact) mass is 367 g/mol. The molecule has 0 aliphatic heterocycles. The number of aliphatic hydroxyl groups is 1. The second-order valence-corrected chi connectivity index (χ2v) is 7.05. The van der Waals surface area contributed by atoms with E-state index in [-0.39, 0.29) is 35.6 Å². The van der Waals surface area contributed by atoms with Gasteiger partial charge in [-0.3, -0.25) is 4.79 Å². The zero-order chi connectivity index (χ0) is 19.8. The van der Waals surface area contributed by atoms with Gasteiger partial charge in [0.15, 0.2) is 0 Å². The second kappa shape index (κ2) is 6.94. The molecule has 140 valence electrons. The van der Waals surface area contributed by atoms with Crippen molar-refractivity contribution >= 4 is 16.9 Å². The number of aryl methyl sites for hydroxylation is 2. The first-order valence-corrected chi connectivity index (χ1v) is 8.77. The second-order valence-electron chi connectivity index (χ2n) is 7.05. The molecule has 1 aliphatic carbocycles. The first-order valence-electron chi connectivity index (χ1n) is 8.77. The highest BCUT2D eigenvalue weighted by molar-refractivity contribution is 6.07. The average Bonchev–Trinajstić information content (AvgIpc) is 3.41. The summed E-state index contributed by atoms with van der Waals surface area (Å²) in [6, 6.07) is 1.91. The summed E-state index contributed by atoms with van der Waals surface area (Å²) in [4.78, 5) is 28.0. The zero-order valence-electron chi connectivity index (χ0n) is 15.5. The van der Waals surface area contributed by atoms with Crippen molar-refractivity contribution in [2.24, 2.45) is 13.0 Å². The van der Waals surface area contributed by atoms with Gasteiger partial charge in [0, 0.05) is 24.3 Å². The van der Waals surface area contributed by atoms with E-state index in [2.05, 4.69) is 16.8 Å². The van der Waals surface area contributed by atoms with E-state index >= 15 is 0 Å². The Balaban J connectivity index is 2.14. The Morgan fingerprint density at radius 3 is 2.85 bits per heavy atom. The highest BCUT2D eigenvalue weighted by atomic mass is 16.5. The molecule has 1 fully saturated rings. The molecule has 1 aliphatic rings. The Morgan fingerprint density at radius 1 is 1.52 bits per heavy atom. The quantitative estimate of drug-likeness (QED) is 0.486. The van der Waals surface area contributed by atoms with Crippen LogP contribution in [0.3, 0.4) is 0 Å². The molecule has 3 rings (SSSR count). The average molecular weight is 367 g/mol. The molecule has 7 heteroatoms. The predicted octanol–water partition coefficient (Wildman–Crippen LogP) is 1.76. The standard InChI is InChI=1S/C20H21N3O4/c1-12-15(19(25)27-10-4-9-21)16-13(7-8-20(2,26)14-5-6-14)11-23(3)18(24)17(16)22-12/h11,14,22,26H,4-6,10H2,1-3H3. The first-order chi connectivity index (χ1) is 12.8. The number of aromatic nitrogens is 2. The van der Waals surface area contributed by atoms with Gasteiger partial charge in [0.2, 0.25) is 0 Å². The van der Waals surface area contributed by atoms with Gasteiger partial charge in [-0.25, -0.2) is 4.79 Å². The summed E-state index contributed by atoms with van der Waals surface area (Å²) in [6.07, 6.45) is 3.51. The van der Waals surface area contributed by atoms with E-state index in [1.165, 1.54) is 4.57 Å². The third-order valence-corrected chi connectivity index (χ3v) is 4.79. The summed E-state index contributed by atoms with van der Waals surface area (Å²) in [5.74, 6) is 5.38. The number of H-pyrrole nitrogens is 1. The highest BCUT2D eigenvalue weighted by Gasteiger charge is 2.38. The molecule has 0 radical (unpaired) electrons. The van der Waals surface area contributed by atoms with Crippen LogP contribution in [0.4, 0.5) is 0 Å². The van der Waals surface area contributed by atoms with Crippen molar-refractivity contribution in [3.63, 3.8) is 0 Å². The van der Waals surface area contributed by atoms with Crippen LogP contribution in [0.5, 0.6) is 0 Å². The van der Waals surface area contributed by atoms with E-state index in [1.54, 1.807) is 27.1 Å². The molecule has 2 aromatic heterocycles. The highest BCUT2D eigenvalue weighted by Crippen LogP contribution is 2.39. The van der Waals surface area contributed by atoms with E-state index in [0.29, 0.717) is 16.6 Å². The minimum absolute atomic E-state index is 0.0241. The molecule has 0 bridgehead atoms. The molecule has 1 saturated carbocycles. The number of aromatic amines is 1. The van der Waals surface area contributed by atoms with Gasteiger partial charge >= 0.3 is 5.97 Å². The molecule has 0 amide bonds. The van der Waals surface area contributed by atoms with Crippen molar-refractivity contribution in [1.82, 2.24) is 9.55 Å². The largest absolute Gasteiger partial charge is 0.461 e. The lowest BCUT2D eigenvalue weighted by atomic mass is 10.00. The summed E-state index contributed by atoms with van der Waals surface area (Å²) in [5, 5.41) is 19.5. The molecule has 0 aromatic carbocycles. The number of esters is 1. The first kappa shape index (κ1) is 18.8. The molecule has 1 atom stereocenters. The lowest BCUT2D eigenvalue weighted by Crippen LogP contribution is -2.24. The summed E-state index contributed by atoms with van der Waals surface area (Å²) < 4.78 is 6.53.